The SMILES string of the molecule is Cc1cccc(OC(Cc2ccc(Cl)cc2Cl)C(=O)O)c1. The van der Waals surface area contributed by atoms with Crippen LogP contribution in [0, 0.1) is 6.92 Å². The lowest BCUT2D eigenvalue weighted by atomic mass is 10.1. The third-order valence-electron chi connectivity index (χ3n) is 2.96. The summed E-state index contributed by atoms with van der Waals surface area (Å²) in [5.41, 5.74) is 1.68. The third kappa shape index (κ3) is 4.38. The van der Waals surface area contributed by atoms with Crippen LogP contribution in [-0.2, 0) is 11.2 Å². The standard InChI is InChI=1S/C16H14Cl2O3/c1-10-3-2-4-13(7-10)21-15(16(19)20)8-11-5-6-12(17)9-14(11)18/h2-7,9,15H,8H2,1H3,(H,19,20). The number of carbonyl (C=O) groups is 1. The molecule has 1 unspecified atom stereocenters. The lowest BCUT2D eigenvalue weighted by molar-refractivity contribution is -0.145. The Hall–Kier alpha value is -1.71. The van der Waals surface area contributed by atoms with E-state index in [1.165, 1.54) is 0 Å². The smallest absolute Gasteiger partial charge is 0.345 e. The number of benzene rings is 2. The molecule has 0 saturated heterocycles. The molecule has 0 aliphatic rings. The van der Waals surface area contributed by atoms with Gasteiger partial charge < -0.3 is 9.84 Å². The van der Waals surface area contributed by atoms with E-state index in [1.807, 2.05) is 19.1 Å². The molecule has 0 spiro atoms. The zero-order chi connectivity index (χ0) is 15.4. The topological polar surface area (TPSA) is 46.5 Å². The number of aryl methyl sites for hydroxylation is 1. The van der Waals surface area contributed by atoms with Crippen molar-refractivity contribution in [1.82, 2.24) is 0 Å². The molecule has 0 aliphatic carbocycles. The Balaban J connectivity index is 2.18. The van der Waals surface area contributed by atoms with Gasteiger partial charge in [-0.2, -0.15) is 0 Å². The Labute approximate surface area is 133 Å². The minimum atomic E-state index is -1.04. The van der Waals surface area contributed by atoms with Gasteiger partial charge in [0.2, 0.25) is 0 Å². The molecular formula is C16H14Cl2O3. The molecule has 0 radical (unpaired) electrons. The number of aliphatic carboxylic acids is 1. The summed E-state index contributed by atoms with van der Waals surface area (Å²) in [6.07, 6.45) is -0.843. The van der Waals surface area contributed by atoms with Gasteiger partial charge in [-0.05, 0) is 42.3 Å². The van der Waals surface area contributed by atoms with Crippen LogP contribution in [-0.4, -0.2) is 17.2 Å². The summed E-state index contributed by atoms with van der Waals surface area (Å²) in [6, 6.07) is 12.2. The van der Waals surface area contributed by atoms with E-state index in [4.69, 9.17) is 27.9 Å². The molecule has 0 amide bonds. The number of halogens is 2. The number of ether oxygens (including phenoxy) is 1. The first-order valence-corrected chi connectivity index (χ1v) is 7.11. The molecule has 0 fully saturated rings. The zero-order valence-corrected chi connectivity index (χ0v) is 12.9. The quantitative estimate of drug-likeness (QED) is 0.887. The predicted molar refractivity (Wildman–Crippen MR) is 83.4 cm³/mol. The van der Waals surface area contributed by atoms with Crippen LogP contribution in [0.1, 0.15) is 11.1 Å². The molecule has 110 valence electrons. The van der Waals surface area contributed by atoms with Gasteiger partial charge in [0.05, 0.1) is 0 Å². The van der Waals surface area contributed by atoms with Crippen LogP contribution >= 0.6 is 23.2 Å². The summed E-state index contributed by atoms with van der Waals surface area (Å²) in [7, 11) is 0. The first-order chi connectivity index (χ1) is 9.95. The average Bonchev–Trinajstić information content (AvgIpc) is 2.40. The maximum Gasteiger partial charge on any atom is 0.345 e. The highest BCUT2D eigenvalue weighted by molar-refractivity contribution is 6.35. The Morgan fingerprint density at radius 3 is 2.62 bits per heavy atom. The van der Waals surface area contributed by atoms with E-state index in [1.54, 1.807) is 30.3 Å². The summed E-state index contributed by atoms with van der Waals surface area (Å²) >= 11 is 11.9. The second-order valence-electron chi connectivity index (χ2n) is 4.70. The minimum absolute atomic E-state index is 0.166. The summed E-state index contributed by atoms with van der Waals surface area (Å²) in [4.78, 5) is 11.4. The van der Waals surface area contributed by atoms with Crippen molar-refractivity contribution in [2.24, 2.45) is 0 Å². The van der Waals surface area contributed by atoms with Crippen LogP contribution in [0.2, 0.25) is 10.0 Å². The van der Waals surface area contributed by atoms with Crippen LogP contribution in [0.4, 0.5) is 0 Å². The largest absolute Gasteiger partial charge is 0.478 e. The van der Waals surface area contributed by atoms with Gasteiger partial charge in [-0.3, -0.25) is 0 Å². The van der Waals surface area contributed by atoms with E-state index in [-0.39, 0.29) is 6.42 Å². The molecule has 2 aromatic carbocycles. The van der Waals surface area contributed by atoms with Crippen LogP contribution < -0.4 is 4.74 Å². The second kappa shape index (κ2) is 6.83. The van der Waals surface area contributed by atoms with Crippen molar-refractivity contribution >= 4 is 29.2 Å². The summed E-state index contributed by atoms with van der Waals surface area (Å²) in [6.45, 7) is 1.92. The molecule has 5 heteroatoms. The number of carboxylic acids is 1. The Morgan fingerprint density at radius 2 is 2.00 bits per heavy atom. The van der Waals surface area contributed by atoms with Gasteiger partial charge >= 0.3 is 5.97 Å². The lowest BCUT2D eigenvalue weighted by Crippen LogP contribution is -2.29. The van der Waals surface area contributed by atoms with Gasteiger partial charge in [-0.15, -0.1) is 0 Å². The van der Waals surface area contributed by atoms with E-state index in [2.05, 4.69) is 0 Å². The van der Waals surface area contributed by atoms with Crippen molar-refractivity contribution in [2.45, 2.75) is 19.4 Å². The highest BCUT2D eigenvalue weighted by Crippen LogP contribution is 2.24. The fourth-order valence-electron chi connectivity index (χ4n) is 1.92. The summed E-state index contributed by atoms with van der Waals surface area (Å²) < 4.78 is 5.55. The molecule has 1 atom stereocenters. The maximum atomic E-state index is 11.4. The second-order valence-corrected chi connectivity index (χ2v) is 5.54. The van der Waals surface area contributed by atoms with Gasteiger partial charge in [0, 0.05) is 16.5 Å². The Morgan fingerprint density at radius 1 is 1.24 bits per heavy atom. The van der Waals surface area contributed by atoms with E-state index in [9.17, 15) is 9.90 Å². The van der Waals surface area contributed by atoms with Crippen molar-refractivity contribution in [2.75, 3.05) is 0 Å². The van der Waals surface area contributed by atoms with Crippen LogP contribution in [0.15, 0.2) is 42.5 Å². The van der Waals surface area contributed by atoms with Gasteiger partial charge in [0.1, 0.15) is 5.75 Å². The lowest BCUT2D eigenvalue weighted by Gasteiger charge is -2.16. The summed E-state index contributed by atoms with van der Waals surface area (Å²) in [5, 5.41) is 10.3. The molecule has 0 saturated carbocycles. The monoisotopic (exact) mass is 324 g/mol. The van der Waals surface area contributed by atoms with Crippen molar-refractivity contribution in [1.29, 1.82) is 0 Å². The number of rotatable bonds is 5. The van der Waals surface area contributed by atoms with E-state index < -0.39 is 12.1 Å². The molecule has 0 bridgehead atoms. The zero-order valence-electron chi connectivity index (χ0n) is 11.3. The first kappa shape index (κ1) is 15.7. The van der Waals surface area contributed by atoms with Crippen LogP contribution in [0.5, 0.6) is 5.75 Å². The fourth-order valence-corrected chi connectivity index (χ4v) is 2.40. The van der Waals surface area contributed by atoms with Crippen molar-refractivity contribution in [3.63, 3.8) is 0 Å². The Bertz CT molecular complexity index is 656. The molecule has 0 aliphatic heterocycles. The van der Waals surface area contributed by atoms with Crippen molar-refractivity contribution < 1.29 is 14.6 Å². The third-order valence-corrected chi connectivity index (χ3v) is 3.55. The highest BCUT2D eigenvalue weighted by atomic mass is 35.5. The molecule has 1 N–H and O–H groups in total. The molecule has 2 aromatic rings. The molecule has 0 heterocycles. The first-order valence-electron chi connectivity index (χ1n) is 6.36. The normalized spacial score (nSPS) is 12.0. The van der Waals surface area contributed by atoms with E-state index >= 15 is 0 Å². The highest BCUT2D eigenvalue weighted by Gasteiger charge is 2.21. The van der Waals surface area contributed by atoms with E-state index in [0.29, 0.717) is 21.4 Å². The van der Waals surface area contributed by atoms with Gasteiger partial charge in [-0.1, -0.05) is 41.4 Å². The fraction of sp³-hybridized carbons (Fsp3) is 0.188. The molecule has 2 rings (SSSR count). The number of hydrogen-bond acceptors (Lipinski definition) is 2. The molecular weight excluding hydrogens is 311 g/mol. The van der Waals surface area contributed by atoms with Gasteiger partial charge in [0.25, 0.3) is 0 Å². The van der Waals surface area contributed by atoms with Crippen LogP contribution in [0.3, 0.4) is 0 Å². The predicted octanol–water partition coefficient (Wildman–Crippen LogP) is 4.38. The van der Waals surface area contributed by atoms with Crippen LogP contribution in [0.25, 0.3) is 0 Å². The van der Waals surface area contributed by atoms with E-state index in [0.717, 1.165) is 5.56 Å². The maximum absolute atomic E-state index is 11.4. The van der Waals surface area contributed by atoms with Gasteiger partial charge in [0.15, 0.2) is 6.10 Å². The van der Waals surface area contributed by atoms with Crippen molar-refractivity contribution in [3.8, 4) is 5.75 Å². The molecule has 21 heavy (non-hydrogen) atoms. The molecule has 3 nitrogen and oxygen atoms in total. The summed E-state index contributed by atoms with van der Waals surface area (Å²) in [5.74, 6) is -0.519. The Kier molecular flexibility index (Phi) is 5.10. The molecule has 0 aromatic heterocycles. The average molecular weight is 325 g/mol. The van der Waals surface area contributed by atoms with Crippen molar-refractivity contribution in [3.05, 3.63) is 63.6 Å². The minimum Gasteiger partial charge on any atom is -0.478 e. The number of hydrogen-bond donors (Lipinski definition) is 1. The van der Waals surface area contributed by atoms with Gasteiger partial charge in [-0.25, -0.2) is 4.79 Å². The number of carboxylic acid groups (broad SMARTS) is 1.